The monoisotopic (exact) mass is 306 g/mol. The van der Waals surface area contributed by atoms with Gasteiger partial charge < -0.3 is 10.0 Å². The molecule has 0 saturated carbocycles. The molecule has 1 aromatic carbocycles. The maximum absolute atomic E-state index is 12.4. The Bertz CT molecular complexity index is 553. The molecule has 0 aromatic heterocycles. The average molecular weight is 307 g/mol. The molecule has 0 saturated heterocycles. The topological polar surface area (TPSA) is 64.4 Å². The van der Waals surface area contributed by atoms with Crippen LogP contribution in [-0.2, 0) is 4.79 Å². The Kier molecular flexibility index (Phi) is 4.78. The molecule has 0 aliphatic heterocycles. The molecular formula is C12H10ClF3N2O2. The molecule has 0 fully saturated rings. The summed E-state index contributed by atoms with van der Waals surface area (Å²) < 4.78 is 37.2. The fourth-order valence-electron chi connectivity index (χ4n) is 1.32. The molecule has 20 heavy (non-hydrogen) atoms. The van der Waals surface area contributed by atoms with Gasteiger partial charge in [0.25, 0.3) is 0 Å². The zero-order valence-corrected chi connectivity index (χ0v) is 11.0. The highest BCUT2D eigenvalue weighted by Crippen LogP contribution is 2.23. The Labute approximate surface area is 117 Å². The van der Waals surface area contributed by atoms with Crippen LogP contribution in [-0.4, -0.2) is 30.0 Å². The molecule has 0 aliphatic carbocycles. The van der Waals surface area contributed by atoms with Crippen molar-refractivity contribution in [3.05, 3.63) is 41.1 Å². The van der Waals surface area contributed by atoms with Gasteiger partial charge in [0.1, 0.15) is 5.57 Å². The summed E-state index contributed by atoms with van der Waals surface area (Å²) in [6.07, 6.45) is -4.29. The molecule has 4 nitrogen and oxygen atoms in total. The van der Waals surface area contributed by atoms with Crippen molar-refractivity contribution in [1.82, 2.24) is 0 Å². The molecule has 1 aromatic rings. The smallest absolute Gasteiger partial charge is 0.433 e. The van der Waals surface area contributed by atoms with Crippen LogP contribution >= 0.6 is 11.6 Å². The molecule has 0 amide bonds. The number of carbonyl (C=O) groups is 1. The summed E-state index contributed by atoms with van der Waals surface area (Å²) in [4.78, 5) is 12.0. The first-order chi connectivity index (χ1) is 9.12. The van der Waals surface area contributed by atoms with Crippen LogP contribution in [0, 0.1) is 5.41 Å². The van der Waals surface area contributed by atoms with Gasteiger partial charge in [-0.3, -0.25) is 5.41 Å². The lowest BCUT2D eigenvalue weighted by Crippen LogP contribution is -2.29. The number of carboxylic acid groups (broad SMARTS) is 1. The third-order valence-electron chi connectivity index (χ3n) is 2.34. The maximum atomic E-state index is 12.4. The van der Waals surface area contributed by atoms with Gasteiger partial charge in [0, 0.05) is 24.0 Å². The van der Waals surface area contributed by atoms with E-state index < -0.39 is 23.4 Å². The van der Waals surface area contributed by atoms with E-state index in [1.54, 1.807) is 0 Å². The molecule has 0 atom stereocenters. The number of nitrogens with one attached hydrogen (secondary N) is 1. The number of halogens is 4. The van der Waals surface area contributed by atoms with Crippen molar-refractivity contribution in [1.29, 1.82) is 5.41 Å². The van der Waals surface area contributed by atoms with Crippen LogP contribution in [0.15, 0.2) is 36.0 Å². The second-order valence-corrected chi connectivity index (χ2v) is 4.24. The summed E-state index contributed by atoms with van der Waals surface area (Å²) in [5.74, 6) is -1.83. The van der Waals surface area contributed by atoms with E-state index in [4.69, 9.17) is 22.1 Å². The van der Waals surface area contributed by atoms with Crippen molar-refractivity contribution in [2.24, 2.45) is 0 Å². The van der Waals surface area contributed by atoms with Crippen molar-refractivity contribution in [3.63, 3.8) is 0 Å². The lowest BCUT2D eigenvalue weighted by Gasteiger charge is -2.17. The van der Waals surface area contributed by atoms with Crippen molar-refractivity contribution < 1.29 is 23.1 Å². The van der Waals surface area contributed by atoms with E-state index in [9.17, 15) is 18.0 Å². The second-order valence-electron chi connectivity index (χ2n) is 3.81. The molecule has 0 spiro atoms. The summed E-state index contributed by atoms with van der Waals surface area (Å²) in [6, 6.07) is 6.04. The molecule has 1 rings (SSSR count). The predicted octanol–water partition coefficient (Wildman–Crippen LogP) is 3.33. The quantitative estimate of drug-likeness (QED) is 0.662. The third kappa shape index (κ3) is 3.99. The van der Waals surface area contributed by atoms with Gasteiger partial charge in [0.2, 0.25) is 0 Å². The summed E-state index contributed by atoms with van der Waals surface area (Å²) >= 11 is 5.67. The van der Waals surface area contributed by atoms with Crippen LogP contribution < -0.4 is 4.90 Å². The fraction of sp³-hybridized carbons (Fsp3) is 0.167. The normalized spacial score (nSPS) is 12.2. The Balaban J connectivity index is 3.12. The Morgan fingerprint density at radius 3 is 2.25 bits per heavy atom. The van der Waals surface area contributed by atoms with Crippen LogP contribution in [0.4, 0.5) is 18.9 Å². The van der Waals surface area contributed by atoms with Gasteiger partial charge in [-0.15, -0.1) is 0 Å². The number of alkyl halides is 3. The molecule has 0 radical (unpaired) electrons. The van der Waals surface area contributed by atoms with Crippen LogP contribution in [0.3, 0.4) is 0 Å². The number of rotatable bonds is 4. The zero-order valence-electron chi connectivity index (χ0n) is 10.2. The van der Waals surface area contributed by atoms with Gasteiger partial charge >= 0.3 is 12.1 Å². The van der Waals surface area contributed by atoms with Crippen molar-refractivity contribution >= 4 is 29.0 Å². The number of hydrogen-bond acceptors (Lipinski definition) is 3. The van der Waals surface area contributed by atoms with E-state index >= 15 is 0 Å². The van der Waals surface area contributed by atoms with Crippen molar-refractivity contribution in [3.8, 4) is 0 Å². The van der Waals surface area contributed by atoms with E-state index in [1.807, 2.05) is 0 Å². The van der Waals surface area contributed by atoms with Gasteiger partial charge in [0.05, 0.1) is 0 Å². The van der Waals surface area contributed by atoms with Crippen LogP contribution in [0.1, 0.15) is 0 Å². The highest BCUT2D eigenvalue weighted by molar-refractivity contribution is 6.30. The SMILES string of the molecule is CN(/C=C(\C(=N)C(F)(F)F)C(=O)O)c1ccc(Cl)cc1. The molecule has 108 valence electrons. The van der Waals surface area contributed by atoms with Gasteiger partial charge in [-0.1, -0.05) is 11.6 Å². The molecule has 2 N–H and O–H groups in total. The van der Waals surface area contributed by atoms with Crippen molar-refractivity contribution in [2.45, 2.75) is 6.18 Å². The Morgan fingerprint density at radius 2 is 1.85 bits per heavy atom. The maximum Gasteiger partial charge on any atom is 0.433 e. The Hall–Kier alpha value is -2.02. The van der Waals surface area contributed by atoms with E-state index in [1.165, 1.54) is 36.2 Å². The van der Waals surface area contributed by atoms with Crippen LogP contribution in [0.25, 0.3) is 0 Å². The third-order valence-corrected chi connectivity index (χ3v) is 2.59. The number of nitrogens with zero attached hydrogens (tertiary/aromatic N) is 1. The van der Waals surface area contributed by atoms with Crippen LogP contribution in [0.2, 0.25) is 5.02 Å². The minimum atomic E-state index is -5.02. The average Bonchev–Trinajstić information content (AvgIpc) is 2.34. The fourth-order valence-corrected chi connectivity index (χ4v) is 1.45. The first-order valence-corrected chi connectivity index (χ1v) is 5.60. The summed E-state index contributed by atoms with van der Waals surface area (Å²) in [7, 11) is 1.37. The van der Waals surface area contributed by atoms with E-state index in [0.29, 0.717) is 10.7 Å². The van der Waals surface area contributed by atoms with E-state index in [2.05, 4.69) is 0 Å². The summed E-state index contributed by atoms with van der Waals surface area (Å²) in [5, 5.41) is 16.1. The van der Waals surface area contributed by atoms with Crippen LogP contribution in [0.5, 0.6) is 0 Å². The van der Waals surface area contributed by atoms with Gasteiger partial charge in [-0.05, 0) is 24.3 Å². The minimum Gasteiger partial charge on any atom is -0.478 e. The largest absolute Gasteiger partial charge is 0.478 e. The van der Waals surface area contributed by atoms with Gasteiger partial charge in [-0.25, -0.2) is 4.79 Å². The second kappa shape index (κ2) is 5.96. The standard InChI is InChI=1S/C12H10ClF3N2O2/c1-18(8-4-2-7(13)3-5-8)6-9(11(19)20)10(17)12(14,15)16/h2-6,17H,1H3,(H,19,20)/b9-6+,17-10?. The molecule has 0 bridgehead atoms. The number of anilines is 1. The predicted molar refractivity (Wildman–Crippen MR) is 69.4 cm³/mol. The van der Waals surface area contributed by atoms with E-state index in [0.717, 1.165) is 6.20 Å². The molecule has 8 heteroatoms. The first kappa shape index (κ1) is 16.0. The molecular weight excluding hydrogens is 297 g/mol. The summed E-state index contributed by atoms with van der Waals surface area (Å²) in [5.41, 5.74) is -2.62. The lowest BCUT2D eigenvalue weighted by molar-refractivity contribution is -0.132. The van der Waals surface area contributed by atoms with Gasteiger partial charge in [-0.2, -0.15) is 13.2 Å². The molecule has 0 aliphatic rings. The minimum absolute atomic E-state index is 0.433. The first-order valence-electron chi connectivity index (χ1n) is 5.22. The van der Waals surface area contributed by atoms with Crippen molar-refractivity contribution in [2.75, 3.05) is 11.9 Å². The number of aliphatic carboxylic acids is 1. The summed E-state index contributed by atoms with van der Waals surface area (Å²) in [6.45, 7) is 0. The molecule has 0 unspecified atom stereocenters. The lowest BCUT2D eigenvalue weighted by atomic mass is 10.1. The van der Waals surface area contributed by atoms with Gasteiger partial charge in [0.15, 0.2) is 5.71 Å². The van der Waals surface area contributed by atoms with E-state index in [-0.39, 0.29) is 0 Å². The molecule has 0 heterocycles. The zero-order chi connectivity index (χ0) is 15.5. The Morgan fingerprint density at radius 1 is 1.35 bits per heavy atom. The number of carboxylic acids is 1. The highest BCUT2D eigenvalue weighted by Gasteiger charge is 2.39. The highest BCUT2D eigenvalue weighted by atomic mass is 35.5. The number of hydrogen-bond donors (Lipinski definition) is 2. The number of benzene rings is 1.